The van der Waals surface area contributed by atoms with Crippen LogP contribution in [0.15, 0.2) is 0 Å². The number of ether oxygens (including phenoxy) is 5. The van der Waals surface area contributed by atoms with E-state index in [1.165, 1.54) is 6.92 Å². The van der Waals surface area contributed by atoms with Gasteiger partial charge in [-0.05, 0) is 0 Å². The van der Waals surface area contributed by atoms with Crippen molar-refractivity contribution >= 4 is 23.9 Å². The van der Waals surface area contributed by atoms with Crippen LogP contribution in [0.3, 0.4) is 0 Å². The van der Waals surface area contributed by atoms with Crippen LogP contribution in [0.2, 0.25) is 0 Å². The summed E-state index contributed by atoms with van der Waals surface area (Å²) in [5.74, 6) is -2.75. The van der Waals surface area contributed by atoms with Crippen LogP contribution in [0.1, 0.15) is 39.6 Å². The van der Waals surface area contributed by atoms with Gasteiger partial charge in [0.1, 0.15) is 12.7 Å². The standard InChI is InChI=1S/C15H20N4O9/c1-6(20)24-5-10-11(25-7(2)21)12(26-8(3)22)13(27-9(4)23)14(28-10)15-16-18-19-17-15/h10-14H,5H2,1-4H3,(H,16,17,18,19)/t10-,11+,12+,13-,14-/m1/s1. The molecule has 0 aromatic carbocycles. The lowest BCUT2D eigenvalue weighted by atomic mass is 9.93. The minimum atomic E-state index is -1.27. The molecule has 0 aliphatic carbocycles. The summed E-state index contributed by atoms with van der Waals surface area (Å²) < 4.78 is 26.6. The SMILES string of the molecule is CC(=O)OC[C@H]1O[C@@H](c2nn[nH]n2)[C@H](OC(C)=O)[C@@H](OC(C)=O)[C@H]1OC(C)=O. The number of aromatic amines is 1. The maximum absolute atomic E-state index is 11.7. The third kappa shape index (κ3) is 5.45. The minimum absolute atomic E-state index is 0.00231. The number of carbonyl (C=O) groups is 4. The normalized spacial score (nSPS) is 26.8. The average molecular weight is 400 g/mol. The molecule has 1 aliphatic heterocycles. The van der Waals surface area contributed by atoms with Crippen molar-refractivity contribution in [2.24, 2.45) is 0 Å². The Bertz CT molecular complexity index is 723. The van der Waals surface area contributed by atoms with E-state index < -0.39 is 54.4 Å². The molecule has 0 saturated carbocycles. The zero-order chi connectivity index (χ0) is 20.8. The van der Waals surface area contributed by atoms with Gasteiger partial charge < -0.3 is 23.7 Å². The van der Waals surface area contributed by atoms with E-state index in [9.17, 15) is 19.2 Å². The van der Waals surface area contributed by atoms with Crippen LogP contribution in [-0.4, -0.2) is 75.5 Å². The van der Waals surface area contributed by atoms with E-state index in [1.54, 1.807) is 0 Å². The van der Waals surface area contributed by atoms with Crippen LogP contribution in [0.5, 0.6) is 0 Å². The highest BCUT2D eigenvalue weighted by Crippen LogP contribution is 2.36. The fourth-order valence-corrected chi connectivity index (χ4v) is 2.73. The number of H-pyrrole nitrogens is 1. The molecule has 0 radical (unpaired) electrons. The predicted molar refractivity (Wildman–Crippen MR) is 85.1 cm³/mol. The van der Waals surface area contributed by atoms with Gasteiger partial charge in [-0.1, -0.05) is 5.21 Å². The molecule has 5 atom stereocenters. The molecule has 13 heteroatoms. The van der Waals surface area contributed by atoms with Crippen LogP contribution in [0.25, 0.3) is 0 Å². The van der Waals surface area contributed by atoms with E-state index in [0.29, 0.717) is 0 Å². The van der Waals surface area contributed by atoms with Crippen molar-refractivity contribution in [1.29, 1.82) is 0 Å². The van der Waals surface area contributed by atoms with Gasteiger partial charge in [-0.2, -0.15) is 5.21 Å². The zero-order valence-electron chi connectivity index (χ0n) is 15.6. The Morgan fingerprint density at radius 3 is 1.96 bits per heavy atom. The lowest BCUT2D eigenvalue weighted by Gasteiger charge is -2.43. The molecule has 0 spiro atoms. The number of tetrazole rings is 1. The van der Waals surface area contributed by atoms with Crippen molar-refractivity contribution in [3.8, 4) is 0 Å². The quantitative estimate of drug-likeness (QED) is 0.457. The van der Waals surface area contributed by atoms with Crippen LogP contribution in [-0.2, 0) is 42.9 Å². The highest BCUT2D eigenvalue weighted by atomic mass is 16.7. The molecule has 0 amide bonds. The lowest BCUT2D eigenvalue weighted by molar-refractivity contribution is -0.255. The van der Waals surface area contributed by atoms with Crippen LogP contribution in [0.4, 0.5) is 0 Å². The molecule has 2 heterocycles. The number of carbonyl (C=O) groups excluding carboxylic acids is 4. The second-order valence-electron chi connectivity index (χ2n) is 5.89. The van der Waals surface area contributed by atoms with E-state index in [2.05, 4.69) is 20.6 Å². The largest absolute Gasteiger partial charge is 0.463 e. The van der Waals surface area contributed by atoms with E-state index in [1.807, 2.05) is 0 Å². The fraction of sp³-hybridized carbons (Fsp3) is 0.667. The topological polar surface area (TPSA) is 169 Å². The third-order valence-corrected chi connectivity index (χ3v) is 3.61. The van der Waals surface area contributed by atoms with Crippen molar-refractivity contribution < 1.29 is 42.9 Å². The number of aromatic nitrogens is 4. The Morgan fingerprint density at radius 2 is 1.46 bits per heavy atom. The molecule has 2 rings (SSSR count). The van der Waals surface area contributed by atoms with Crippen molar-refractivity contribution in [3.05, 3.63) is 5.82 Å². The summed E-state index contributed by atoms with van der Waals surface area (Å²) in [5.41, 5.74) is 0. The molecular formula is C15H20N4O9. The summed E-state index contributed by atoms with van der Waals surface area (Å²) in [6, 6.07) is 0. The van der Waals surface area contributed by atoms with Gasteiger partial charge in [0, 0.05) is 27.7 Å². The molecule has 0 unspecified atom stereocenters. The van der Waals surface area contributed by atoms with Crippen molar-refractivity contribution in [1.82, 2.24) is 20.6 Å². The van der Waals surface area contributed by atoms with Gasteiger partial charge >= 0.3 is 23.9 Å². The fourth-order valence-electron chi connectivity index (χ4n) is 2.73. The molecule has 1 aliphatic rings. The van der Waals surface area contributed by atoms with Crippen molar-refractivity contribution in [2.45, 2.75) is 58.2 Å². The highest BCUT2D eigenvalue weighted by Gasteiger charge is 2.53. The molecule has 13 nitrogen and oxygen atoms in total. The maximum atomic E-state index is 11.7. The smallest absolute Gasteiger partial charge is 0.303 e. The summed E-state index contributed by atoms with van der Waals surface area (Å²) in [5, 5.41) is 13.3. The molecule has 1 N–H and O–H groups in total. The number of nitrogens with zero attached hydrogens (tertiary/aromatic N) is 3. The van der Waals surface area contributed by atoms with Crippen molar-refractivity contribution in [3.63, 3.8) is 0 Å². The summed E-state index contributed by atoms with van der Waals surface area (Å²) >= 11 is 0. The minimum Gasteiger partial charge on any atom is -0.463 e. The number of hydrogen-bond acceptors (Lipinski definition) is 12. The second-order valence-corrected chi connectivity index (χ2v) is 5.89. The molecular weight excluding hydrogens is 380 g/mol. The monoisotopic (exact) mass is 400 g/mol. The second kappa shape index (κ2) is 9.21. The van der Waals surface area contributed by atoms with Gasteiger partial charge in [0.2, 0.25) is 5.82 Å². The first-order valence-corrected chi connectivity index (χ1v) is 8.22. The van der Waals surface area contributed by atoms with Gasteiger partial charge in [0.25, 0.3) is 0 Å². The molecule has 1 aromatic rings. The number of rotatable bonds is 6. The zero-order valence-corrected chi connectivity index (χ0v) is 15.6. The molecule has 28 heavy (non-hydrogen) atoms. The third-order valence-electron chi connectivity index (χ3n) is 3.61. The predicted octanol–water partition coefficient (Wildman–Crippen LogP) is -1.00. The Morgan fingerprint density at radius 1 is 0.893 bits per heavy atom. The van der Waals surface area contributed by atoms with E-state index >= 15 is 0 Å². The Kier molecular flexibility index (Phi) is 6.98. The Labute approximate surface area is 159 Å². The first-order valence-electron chi connectivity index (χ1n) is 8.22. The van der Waals surface area contributed by atoms with Crippen LogP contribution in [0, 0.1) is 0 Å². The van der Waals surface area contributed by atoms with Crippen LogP contribution >= 0.6 is 0 Å². The first-order chi connectivity index (χ1) is 13.2. The Hall–Kier alpha value is -3.09. The lowest BCUT2D eigenvalue weighted by Crippen LogP contribution is -2.59. The molecule has 1 aromatic heterocycles. The van der Waals surface area contributed by atoms with E-state index in [0.717, 1.165) is 20.8 Å². The summed E-state index contributed by atoms with van der Waals surface area (Å²) in [7, 11) is 0. The van der Waals surface area contributed by atoms with Gasteiger partial charge in [0.15, 0.2) is 24.4 Å². The molecule has 0 bridgehead atoms. The first kappa shape index (κ1) is 21.2. The maximum Gasteiger partial charge on any atom is 0.303 e. The van der Waals surface area contributed by atoms with Gasteiger partial charge in [0.05, 0.1) is 0 Å². The molecule has 1 fully saturated rings. The average Bonchev–Trinajstić information content (AvgIpc) is 3.09. The summed E-state index contributed by atoms with van der Waals surface area (Å²) in [6.07, 6.45) is -5.96. The summed E-state index contributed by atoms with van der Waals surface area (Å²) in [4.78, 5) is 46.1. The number of esters is 4. The van der Waals surface area contributed by atoms with Crippen LogP contribution < -0.4 is 0 Å². The Balaban J connectivity index is 2.45. The highest BCUT2D eigenvalue weighted by molar-refractivity contribution is 5.68. The number of nitrogens with one attached hydrogen (secondary N) is 1. The van der Waals surface area contributed by atoms with E-state index in [-0.39, 0.29) is 12.4 Å². The van der Waals surface area contributed by atoms with Crippen molar-refractivity contribution in [2.75, 3.05) is 6.61 Å². The van der Waals surface area contributed by atoms with Gasteiger partial charge in [-0.15, -0.1) is 10.2 Å². The van der Waals surface area contributed by atoms with Gasteiger partial charge in [-0.3, -0.25) is 19.2 Å². The summed E-state index contributed by atoms with van der Waals surface area (Å²) in [6.45, 7) is 4.27. The van der Waals surface area contributed by atoms with E-state index in [4.69, 9.17) is 23.7 Å². The number of hydrogen-bond donors (Lipinski definition) is 1. The molecule has 154 valence electrons. The molecule has 1 saturated heterocycles. The van der Waals surface area contributed by atoms with Gasteiger partial charge in [-0.25, -0.2) is 0 Å².